The molecule has 1 amide bonds. The first kappa shape index (κ1) is 30.0. The highest BCUT2D eigenvalue weighted by Gasteiger charge is 2.24. The van der Waals surface area contributed by atoms with E-state index in [1.54, 1.807) is 6.92 Å². The van der Waals surface area contributed by atoms with Crippen molar-refractivity contribution in [3.8, 4) is 0 Å². The Bertz CT molecular complexity index is 960. The SMILES string of the molecule is CC[C@H](NC(=O)CC[C@H](CC(=O)CCCS(=O)(=O)CC(=O)CCCC1=NN=NC1)C(=O)O)C(=O)O. The van der Waals surface area contributed by atoms with Crippen molar-refractivity contribution in [2.75, 3.05) is 18.1 Å². The van der Waals surface area contributed by atoms with E-state index < -0.39 is 57.0 Å². The Morgan fingerprint density at radius 3 is 2.26 bits per heavy atom. The van der Waals surface area contributed by atoms with Gasteiger partial charge in [-0.1, -0.05) is 6.92 Å². The van der Waals surface area contributed by atoms with Gasteiger partial charge in [0, 0.05) is 25.7 Å². The van der Waals surface area contributed by atoms with Crippen molar-refractivity contribution < 1.29 is 42.6 Å². The fraction of sp³-hybridized carbons (Fsp3) is 0.714. The lowest BCUT2D eigenvalue weighted by Crippen LogP contribution is -2.40. The van der Waals surface area contributed by atoms with Crippen LogP contribution in [0.3, 0.4) is 0 Å². The zero-order valence-corrected chi connectivity index (χ0v) is 20.5. The van der Waals surface area contributed by atoms with Gasteiger partial charge in [0.25, 0.3) is 0 Å². The van der Waals surface area contributed by atoms with Crippen LogP contribution in [0, 0.1) is 5.92 Å². The molecule has 196 valence electrons. The molecule has 0 bridgehead atoms. The van der Waals surface area contributed by atoms with E-state index in [0.717, 1.165) is 5.71 Å². The van der Waals surface area contributed by atoms with Crippen molar-refractivity contribution in [3.63, 3.8) is 0 Å². The minimum atomic E-state index is -3.70. The number of hydrogen-bond acceptors (Lipinski definition) is 10. The molecule has 0 radical (unpaired) electrons. The molecule has 13 nitrogen and oxygen atoms in total. The number of carboxylic acid groups (broad SMARTS) is 2. The Labute approximate surface area is 203 Å². The van der Waals surface area contributed by atoms with Crippen LogP contribution >= 0.6 is 0 Å². The lowest BCUT2D eigenvalue weighted by atomic mass is 9.95. The van der Waals surface area contributed by atoms with Crippen LogP contribution in [0.1, 0.15) is 64.7 Å². The largest absolute Gasteiger partial charge is 0.481 e. The summed E-state index contributed by atoms with van der Waals surface area (Å²) >= 11 is 0. The van der Waals surface area contributed by atoms with E-state index >= 15 is 0 Å². The first-order valence-corrected chi connectivity index (χ1v) is 13.2. The topological polar surface area (TPSA) is 209 Å². The predicted octanol–water partition coefficient (Wildman–Crippen LogP) is 1.16. The number of rotatable bonds is 19. The highest BCUT2D eigenvalue weighted by Crippen LogP contribution is 2.15. The number of carboxylic acids is 2. The summed E-state index contributed by atoms with van der Waals surface area (Å²) in [4.78, 5) is 58.4. The Hall–Kier alpha value is -3.03. The molecular formula is C21H32N4O9S. The van der Waals surface area contributed by atoms with Crippen LogP contribution in [0.15, 0.2) is 15.4 Å². The molecule has 1 rings (SSSR count). The van der Waals surface area contributed by atoms with E-state index in [0.29, 0.717) is 19.4 Å². The van der Waals surface area contributed by atoms with Crippen molar-refractivity contribution in [1.82, 2.24) is 5.32 Å². The molecule has 0 fully saturated rings. The zero-order chi connectivity index (χ0) is 26.4. The maximum atomic E-state index is 12.2. The van der Waals surface area contributed by atoms with Crippen LogP contribution in [0.2, 0.25) is 0 Å². The van der Waals surface area contributed by atoms with E-state index in [-0.39, 0.29) is 50.7 Å². The van der Waals surface area contributed by atoms with Crippen LogP contribution in [-0.4, -0.2) is 77.8 Å². The minimum absolute atomic E-state index is 0.0438. The molecule has 1 aliphatic heterocycles. The third kappa shape index (κ3) is 12.9. The van der Waals surface area contributed by atoms with Gasteiger partial charge in [0.05, 0.1) is 17.4 Å². The summed E-state index contributed by atoms with van der Waals surface area (Å²) in [6.07, 6.45) is 0.186. The minimum Gasteiger partial charge on any atom is -0.481 e. The van der Waals surface area contributed by atoms with Crippen LogP contribution < -0.4 is 5.32 Å². The van der Waals surface area contributed by atoms with Gasteiger partial charge >= 0.3 is 11.9 Å². The summed E-state index contributed by atoms with van der Waals surface area (Å²) in [6.45, 7) is 1.97. The van der Waals surface area contributed by atoms with Gasteiger partial charge in [0.2, 0.25) is 5.91 Å². The molecule has 1 aliphatic rings. The number of nitrogens with zero attached hydrogens (tertiary/aromatic N) is 3. The lowest BCUT2D eigenvalue weighted by Gasteiger charge is -2.14. The quantitative estimate of drug-likeness (QED) is 0.224. The van der Waals surface area contributed by atoms with Gasteiger partial charge in [0.1, 0.15) is 29.9 Å². The van der Waals surface area contributed by atoms with Crippen LogP contribution in [0.4, 0.5) is 0 Å². The predicted molar refractivity (Wildman–Crippen MR) is 124 cm³/mol. The molecule has 0 saturated carbocycles. The summed E-state index contributed by atoms with van der Waals surface area (Å²) in [7, 11) is -3.70. The molecule has 2 atom stereocenters. The van der Waals surface area contributed by atoms with Gasteiger partial charge in [-0.05, 0) is 37.3 Å². The molecule has 0 spiro atoms. The van der Waals surface area contributed by atoms with E-state index in [1.807, 2.05) is 0 Å². The standard InChI is InChI=1S/C21H32N4O9S/c1-2-18(21(31)32)23-19(28)9-8-14(20(29)30)11-16(26)7-4-10-35(33,34)13-17(27)6-3-5-15-12-22-25-24-15/h14,18H,2-13H2,1H3,(H,23,28)(H,29,30)(H,31,32)/t14-,18+/m1/s1. The van der Waals surface area contributed by atoms with Crippen LogP contribution in [0.5, 0.6) is 0 Å². The molecule has 0 aliphatic carbocycles. The van der Waals surface area contributed by atoms with Gasteiger partial charge in [-0.25, -0.2) is 13.2 Å². The van der Waals surface area contributed by atoms with Gasteiger partial charge < -0.3 is 15.5 Å². The third-order valence-corrected chi connectivity index (χ3v) is 6.97. The maximum absolute atomic E-state index is 12.2. The Morgan fingerprint density at radius 1 is 1.00 bits per heavy atom. The second-order valence-electron chi connectivity index (χ2n) is 8.33. The summed E-state index contributed by atoms with van der Waals surface area (Å²) in [5.74, 6) is -6.15. The van der Waals surface area contributed by atoms with Gasteiger partial charge in [-0.2, -0.15) is 5.11 Å². The number of Topliss-reactive ketones (excluding diaryl/α,β-unsaturated/α-hetero) is 2. The van der Waals surface area contributed by atoms with Gasteiger partial charge in [0.15, 0.2) is 9.84 Å². The monoisotopic (exact) mass is 516 g/mol. The number of sulfone groups is 1. The third-order valence-electron chi connectivity index (χ3n) is 5.30. The van der Waals surface area contributed by atoms with Crippen molar-refractivity contribution >= 4 is 45.0 Å². The lowest BCUT2D eigenvalue weighted by molar-refractivity contribution is -0.145. The zero-order valence-electron chi connectivity index (χ0n) is 19.6. The second kappa shape index (κ2) is 15.1. The van der Waals surface area contributed by atoms with E-state index in [9.17, 15) is 37.5 Å². The van der Waals surface area contributed by atoms with Crippen molar-refractivity contribution in [2.24, 2.45) is 21.4 Å². The normalized spacial score (nSPS) is 14.7. The second-order valence-corrected chi connectivity index (χ2v) is 10.5. The molecule has 0 saturated heterocycles. The maximum Gasteiger partial charge on any atom is 0.326 e. The molecule has 35 heavy (non-hydrogen) atoms. The highest BCUT2D eigenvalue weighted by molar-refractivity contribution is 7.92. The van der Waals surface area contributed by atoms with Crippen molar-refractivity contribution in [3.05, 3.63) is 0 Å². The van der Waals surface area contributed by atoms with Gasteiger partial charge in [-0.3, -0.25) is 19.2 Å². The van der Waals surface area contributed by atoms with Crippen molar-refractivity contribution in [2.45, 2.75) is 70.8 Å². The molecule has 1 heterocycles. The first-order chi connectivity index (χ1) is 16.4. The molecular weight excluding hydrogens is 484 g/mol. The summed E-state index contributed by atoms with van der Waals surface area (Å²) in [5.41, 5.74) is 0.741. The molecule has 0 aromatic rings. The molecule has 3 N–H and O–H groups in total. The van der Waals surface area contributed by atoms with E-state index in [1.165, 1.54) is 0 Å². The van der Waals surface area contributed by atoms with Gasteiger partial charge in [-0.15, -0.1) is 5.10 Å². The molecule has 0 aromatic carbocycles. The molecule has 0 aromatic heterocycles. The number of ketones is 2. The smallest absolute Gasteiger partial charge is 0.326 e. The fourth-order valence-corrected chi connectivity index (χ4v) is 4.70. The average Bonchev–Trinajstić information content (AvgIpc) is 3.27. The number of amides is 1. The average molecular weight is 517 g/mol. The number of carbonyl (C=O) groups is 5. The van der Waals surface area contributed by atoms with E-state index in [4.69, 9.17) is 5.11 Å². The summed E-state index contributed by atoms with van der Waals surface area (Å²) < 4.78 is 24.3. The van der Waals surface area contributed by atoms with Crippen LogP contribution in [-0.2, 0) is 33.8 Å². The first-order valence-electron chi connectivity index (χ1n) is 11.3. The Morgan fingerprint density at radius 2 is 1.69 bits per heavy atom. The number of aliphatic carboxylic acids is 2. The molecule has 14 heteroatoms. The number of carbonyl (C=O) groups excluding carboxylic acids is 3. The van der Waals surface area contributed by atoms with Crippen LogP contribution in [0.25, 0.3) is 0 Å². The fourth-order valence-electron chi connectivity index (χ4n) is 3.34. The summed E-state index contributed by atoms with van der Waals surface area (Å²) in [6, 6.07) is -1.07. The number of hydrogen-bond donors (Lipinski definition) is 3. The molecule has 0 unspecified atom stereocenters. The van der Waals surface area contributed by atoms with Crippen molar-refractivity contribution in [1.29, 1.82) is 0 Å². The summed E-state index contributed by atoms with van der Waals surface area (Å²) in [5, 5.41) is 31.5. The Kier molecular flexibility index (Phi) is 12.9. The van der Waals surface area contributed by atoms with E-state index in [2.05, 4.69) is 20.8 Å². The highest BCUT2D eigenvalue weighted by atomic mass is 32.2. The Balaban J connectivity index is 2.35. The number of nitrogens with one attached hydrogen (secondary N) is 1.